The molecular formula is C54H40N2O6S2. The van der Waals surface area contributed by atoms with Gasteiger partial charge in [0.15, 0.2) is 0 Å². The first-order valence-corrected chi connectivity index (χ1v) is 23.3. The minimum absolute atomic E-state index is 0.301. The van der Waals surface area contributed by atoms with Crippen LogP contribution in [0.4, 0.5) is 0 Å². The lowest BCUT2D eigenvalue weighted by Gasteiger charge is -2.15. The minimum atomic E-state index is -4.65. The number of hydrogen-bond acceptors (Lipinski definition) is 6. The summed E-state index contributed by atoms with van der Waals surface area (Å²) in [6.07, 6.45) is 0. The normalized spacial score (nSPS) is 11.7. The van der Waals surface area contributed by atoms with Crippen LogP contribution in [-0.2, 0) is 20.2 Å². The maximum absolute atomic E-state index is 11.9. The molecule has 2 heterocycles. The van der Waals surface area contributed by atoms with Gasteiger partial charge in [-0.25, -0.2) is 16.8 Å². The van der Waals surface area contributed by atoms with Crippen LogP contribution in [0.15, 0.2) is 216 Å². The number of nitrogens with zero attached hydrogens (tertiary/aromatic N) is 2. The van der Waals surface area contributed by atoms with Crippen LogP contribution in [0, 0.1) is 13.8 Å². The summed E-state index contributed by atoms with van der Waals surface area (Å²) in [5, 5.41) is 0. The number of aromatic nitrogens is 2. The second-order valence-electron chi connectivity index (χ2n) is 15.6. The van der Waals surface area contributed by atoms with Crippen LogP contribution >= 0.6 is 0 Å². The Balaban J connectivity index is 1.23. The van der Waals surface area contributed by atoms with E-state index in [1.54, 1.807) is 24.3 Å². The first-order chi connectivity index (χ1) is 30.8. The molecule has 0 amide bonds. The van der Waals surface area contributed by atoms with E-state index >= 15 is 0 Å². The Morgan fingerprint density at radius 1 is 0.312 bits per heavy atom. The Kier molecular flexibility index (Phi) is 11.2. The number of benzene rings is 7. The van der Waals surface area contributed by atoms with Gasteiger partial charge in [-0.2, -0.15) is 9.13 Å². The van der Waals surface area contributed by atoms with Crippen molar-refractivity contribution < 1.29 is 35.1 Å². The Bertz CT molecular complexity index is 3150. The molecule has 0 aliphatic rings. The Labute approximate surface area is 373 Å². The van der Waals surface area contributed by atoms with Crippen molar-refractivity contribution in [1.29, 1.82) is 0 Å². The van der Waals surface area contributed by atoms with Crippen molar-refractivity contribution in [2.24, 2.45) is 0 Å². The summed E-state index contributed by atoms with van der Waals surface area (Å²) in [6.45, 7) is 4.06. The molecule has 7 aromatic carbocycles. The van der Waals surface area contributed by atoms with E-state index in [2.05, 4.69) is 106 Å². The molecule has 0 spiro atoms. The van der Waals surface area contributed by atoms with Gasteiger partial charge < -0.3 is 9.11 Å². The predicted molar refractivity (Wildman–Crippen MR) is 248 cm³/mol. The predicted octanol–water partition coefficient (Wildman–Crippen LogP) is 10.7. The molecule has 0 fully saturated rings. The lowest BCUT2D eigenvalue weighted by atomic mass is 9.95. The molecule has 0 radical (unpaired) electrons. The number of hydrogen-bond donors (Lipinski definition) is 0. The average Bonchev–Trinajstić information content (AvgIpc) is 3.31. The molecular weight excluding hydrogens is 837 g/mol. The van der Waals surface area contributed by atoms with Crippen molar-refractivity contribution in [3.05, 3.63) is 217 Å². The van der Waals surface area contributed by atoms with Crippen LogP contribution in [0.2, 0.25) is 0 Å². The molecule has 314 valence electrons. The lowest BCUT2D eigenvalue weighted by molar-refractivity contribution is -0.572. The van der Waals surface area contributed by atoms with Gasteiger partial charge in [0, 0.05) is 70.8 Å². The van der Waals surface area contributed by atoms with Crippen molar-refractivity contribution in [2.75, 3.05) is 0 Å². The Morgan fingerprint density at radius 3 is 0.859 bits per heavy atom. The lowest BCUT2D eigenvalue weighted by Crippen LogP contribution is -2.36. The molecule has 0 saturated carbocycles. The quantitative estimate of drug-likeness (QED) is 0.0996. The van der Waals surface area contributed by atoms with E-state index in [0.29, 0.717) is 0 Å². The monoisotopic (exact) mass is 876 g/mol. The van der Waals surface area contributed by atoms with Gasteiger partial charge in [-0.1, -0.05) is 96.1 Å². The van der Waals surface area contributed by atoms with Crippen LogP contribution in [0.1, 0.15) is 11.1 Å². The first-order valence-electron chi connectivity index (χ1n) is 20.5. The smallest absolute Gasteiger partial charge is 0.219 e. The van der Waals surface area contributed by atoms with Crippen LogP contribution < -0.4 is 9.13 Å². The molecule has 0 aliphatic heterocycles. The van der Waals surface area contributed by atoms with Crippen molar-refractivity contribution in [3.63, 3.8) is 0 Å². The molecule has 0 aliphatic carbocycles. The highest BCUT2D eigenvalue weighted by atomic mass is 32.2. The third-order valence-corrected chi connectivity index (χ3v) is 13.0. The van der Waals surface area contributed by atoms with Gasteiger partial charge in [-0.15, -0.1) is 0 Å². The van der Waals surface area contributed by atoms with Gasteiger partial charge in [-0.05, 0) is 109 Å². The fraction of sp³-hybridized carbons (Fsp3) is 0.0370. The van der Waals surface area contributed by atoms with E-state index in [-0.39, 0.29) is 9.79 Å². The zero-order valence-electron chi connectivity index (χ0n) is 34.8. The fourth-order valence-electron chi connectivity index (χ4n) is 7.98. The molecule has 9 aromatic rings. The fourth-order valence-corrected chi connectivity index (χ4v) is 8.91. The molecule has 2 aromatic heterocycles. The maximum Gasteiger partial charge on any atom is 0.219 e. The average molecular weight is 877 g/mol. The summed E-state index contributed by atoms with van der Waals surface area (Å²) in [4.78, 5) is -0.603. The minimum Gasteiger partial charge on any atom is -0.744 e. The van der Waals surface area contributed by atoms with Gasteiger partial charge in [0.25, 0.3) is 0 Å². The molecule has 0 atom stereocenters. The van der Waals surface area contributed by atoms with E-state index in [9.17, 15) is 25.9 Å². The van der Waals surface area contributed by atoms with Gasteiger partial charge >= 0.3 is 0 Å². The van der Waals surface area contributed by atoms with Crippen molar-refractivity contribution in [2.45, 2.75) is 23.6 Å². The van der Waals surface area contributed by atoms with Gasteiger partial charge in [0.2, 0.25) is 34.2 Å². The zero-order chi connectivity index (χ0) is 44.6. The Morgan fingerprint density at radius 2 is 0.578 bits per heavy atom. The molecule has 10 heteroatoms. The second kappa shape index (κ2) is 17.1. The largest absolute Gasteiger partial charge is 0.744 e. The number of rotatable bonds is 10. The highest BCUT2D eigenvalue weighted by molar-refractivity contribution is 7.86. The highest BCUT2D eigenvalue weighted by Gasteiger charge is 2.27. The SMILES string of the molecule is Cc1ccc(-[n+]2c(-c3ccccc3)cc(-c3ccc(-c4cc(-c5ccccc5)[n+](-c5ccc(C)cc5)c(-c5ccc(S(=O)(=O)[O-])cc5)c4)cc3)cc2-c2ccc(S(=O)(=O)[O-])cc2)cc1. The van der Waals surface area contributed by atoms with E-state index in [4.69, 9.17) is 0 Å². The van der Waals surface area contributed by atoms with Crippen LogP contribution in [-0.4, -0.2) is 25.9 Å². The van der Waals surface area contributed by atoms with E-state index in [1.807, 2.05) is 74.5 Å². The molecule has 0 N–H and O–H groups in total. The third kappa shape index (κ3) is 8.68. The van der Waals surface area contributed by atoms with Crippen molar-refractivity contribution in [3.8, 4) is 78.7 Å². The van der Waals surface area contributed by atoms with Crippen molar-refractivity contribution >= 4 is 20.2 Å². The van der Waals surface area contributed by atoms with Gasteiger partial charge in [-0.3, -0.25) is 0 Å². The molecule has 0 bridgehead atoms. The molecule has 8 nitrogen and oxygen atoms in total. The van der Waals surface area contributed by atoms with Crippen molar-refractivity contribution in [1.82, 2.24) is 0 Å². The Hall–Kier alpha value is -7.34. The summed E-state index contributed by atoms with van der Waals surface area (Å²) >= 11 is 0. The number of aryl methyl sites for hydroxylation is 2. The standard InChI is InChI=1S/C54H40N2O6S2/c1-37-13-25-47(26-14-37)55-51(41-9-5-3-6-10-41)33-45(35-53(55)43-21-29-49(30-22-43)63(57,58)59)39-17-19-40(20-18-39)46-34-52(42-11-7-4-8-12-42)56(48-27-15-38(2)16-28-48)54(36-46)44-23-31-50(32-24-44)64(60,61)62/h3-36H,1-2H3. The summed E-state index contributed by atoms with van der Waals surface area (Å²) in [7, 11) is -9.30. The summed E-state index contributed by atoms with van der Waals surface area (Å²) in [6, 6.07) is 65.3. The van der Waals surface area contributed by atoms with Crippen LogP contribution in [0.3, 0.4) is 0 Å². The van der Waals surface area contributed by atoms with E-state index in [0.717, 1.165) is 89.8 Å². The van der Waals surface area contributed by atoms with Gasteiger partial charge in [0.05, 0.1) is 9.79 Å². The summed E-state index contributed by atoms with van der Waals surface area (Å²) in [5.74, 6) is 0. The molecule has 64 heavy (non-hydrogen) atoms. The molecule has 0 unspecified atom stereocenters. The third-order valence-electron chi connectivity index (χ3n) is 11.3. The van der Waals surface area contributed by atoms with E-state index in [1.165, 1.54) is 24.3 Å². The summed E-state index contributed by atoms with van der Waals surface area (Å²) < 4.78 is 75.9. The second-order valence-corrected chi connectivity index (χ2v) is 18.4. The summed E-state index contributed by atoms with van der Waals surface area (Å²) in [5.41, 5.74) is 14.5. The first kappa shape index (κ1) is 42.0. The maximum atomic E-state index is 11.9. The zero-order valence-corrected chi connectivity index (χ0v) is 36.4. The topological polar surface area (TPSA) is 122 Å². The number of pyridine rings is 2. The van der Waals surface area contributed by atoms with E-state index < -0.39 is 20.2 Å². The highest BCUT2D eigenvalue weighted by Crippen LogP contribution is 2.35. The van der Waals surface area contributed by atoms with Gasteiger partial charge in [0.1, 0.15) is 20.2 Å². The molecule has 9 rings (SSSR count). The van der Waals surface area contributed by atoms with Crippen LogP contribution in [0.5, 0.6) is 0 Å². The molecule has 0 saturated heterocycles. The van der Waals surface area contributed by atoms with Crippen LogP contribution in [0.25, 0.3) is 78.7 Å².